The second-order valence-corrected chi connectivity index (χ2v) is 4.78. The van der Waals surface area contributed by atoms with E-state index < -0.39 is 0 Å². The van der Waals surface area contributed by atoms with Crippen LogP contribution in [0.4, 0.5) is 0 Å². The van der Waals surface area contributed by atoms with Crippen LogP contribution in [-0.4, -0.2) is 25.0 Å². The Labute approximate surface area is 133 Å². The minimum absolute atomic E-state index is 0.182. The molecule has 0 aliphatic carbocycles. The van der Waals surface area contributed by atoms with Gasteiger partial charge in [-0.3, -0.25) is 9.78 Å². The molecule has 5 nitrogen and oxygen atoms in total. The maximum absolute atomic E-state index is 12.1. The van der Waals surface area contributed by atoms with Crippen molar-refractivity contribution in [2.45, 2.75) is 0 Å². The lowest BCUT2D eigenvalue weighted by Crippen LogP contribution is -1.97. The van der Waals surface area contributed by atoms with E-state index in [0.29, 0.717) is 22.8 Å². The molecule has 23 heavy (non-hydrogen) atoms. The molecular weight excluding hydrogens is 294 g/mol. The third-order valence-corrected chi connectivity index (χ3v) is 3.44. The quantitative estimate of drug-likeness (QED) is 0.530. The van der Waals surface area contributed by atoms with E-state index >= 15 is 0 Å². The molecule has 0 unspecified atom stereocenters. The summed E-state index contributed by atoms with van der Waals surface area (Å²) in [5.41, 5.74) is 1.72. The zero-order valence-corrected chi connectivity index (χ0v) is 12.8. The molecule has 0 N–H and O–H groups in total. The molecule has 0 amide bonds. The van der Waals surface area contributed by atoms with Crippen molar-refractivity contribution in [3.8, 4) is 11.5 Å². The van der Waals surface area contributed by atoms with Gasteiger partial charge in [0.15, 0.2) is 11.3 Å². The fraction of sp³-hybridized carbons (Fsp3) is 0.111. The smallest absolute Gasteiger partial charge is 0.204 e. The minimum atomic E-state index is -0.182. The van der Waals surface area contributed by atoms with E-state index in [9.17, 15) is 4.79 Å². The van der Waals surface area contributed by atoms with Crippen molar-refractivity contribution in [3.63, 3.8) is 0 Å². The van der Waals surface area contributed by atoms with Crippen molar-refractivity contribution in [3.05, 3.63) is 60.1 Å². The van der Waals surface area contributed by atoms with Gasteiger partial charge in [-0.2, -0.15) is 0 Å². The Bertz CT molecular complexity index is 865. The van der Waals surface area contributed by atoms with Crippen molar-refractivity contribution < 1.29 is 18.7 Å². The average Bonchev–Trinajstić information content (AvgIpc) is 3.08. The summed E-state index contributed by atoms with van der Waals surface area (Å²) in [6.45, 7) is 0. The van der Waals surface area contributed by atoms with Gasteiger partial charge in [0.1, 0.15) is 11.4 Å². The molecule has 0 bridgehead atoms. The number of rotatable bonds is 5. The Morgan fingerprint density at radius 3 is 2.78 bits per heavy atom. The van der Waals surface area contributed by atoms with Gasteiger partial charge in [0.2, 0.25) is 5.78 Å². The van der Waals surface area contributed by atoms with Gasteiger partial charge >= 0.3 is 0 Å². The van der Waals surface area contributed by atoms with Crippen LogP contribution in [0.25, 0.3) is 17.0 Å². The predicted octanol–water partition coefficient (Wildman–Crippen LogP) is 3.74. The number of carbonyl (C=O) groups excluding carboxylic acids is 1. The highest BCUT2D eigenvalue weighted by molar-refractivity contribution is 6.06. The second-order valence-electron chi connectivity index (χ2n) is 4.78. The van der Waals surface area contributed by atoms with Crippen molar-refractivity contribution in [1.29, 1.82) is 0 Å². The maximum Gasteiger partial charge on any atom is 0.204 e. The lowest BCUT2D eigenvalue weighted by molar-refractivity contribution is 0.104. The molecule has 116 valence electrons. The molecule has 1 aromatic carbocycles. The first-order valence-electron chi connectivity index (χ1n) is 7.00. The molecule has 2 aromatic heterocycles. The third-order valence-electron chi connectivity index (χ3n) is 3.44. The second kappa shape index (κ2) is 6.36. The Kier molecular flexibility index (Phi) is 4.10. The highest BCUT2D eigenvalue weighted by Crippen LogP contribution is 2.38. The fourth-order valence-electron chi connectivity index (χ4n) is 2.37. The highest BCUT2D eigenvalue weighted by Gasteiger charge is 2.14. The number of aromatic nitrogens is 1. The average molecular weight is 309 g/mol. The van der Waals surface area contributed by atoms with E-state index in [1.807, 2.05) is 0 Å². The Balaban J connectivity index is 2.02. The number of hydrogen-bond acceptors (Lipinski definition) is 5. The molecule has 0 aliphatic rings. The van der Waals surface area contributed by atoms with Crippen molar-refractivity contribution >= 4 is 22.8 Å². The molecule has 3 aromatic rings. The van der Waals surface area contributed by atoms with E-state index in [2.05, 4.69) is 4.98 Å². The first-order chi connectivity index (χ1) is 11.2. The van der Waals surface area contributed by atoms with Gasteiger partial charge in [-0.15, -0.1) is 0 Å². The van der Waals surface area contributed by atoms with Crippen LogP contribution >= 0.6 is 0 Å². The standard InChI is InChI=1S/C18H15NO4/c1-21-16-11-12(17(22-2)13-8-10-23-18(13)16)6-7-15(20)14-5-3-4-9-19-14/h3-11H,1-2H3/b7-6+. The minimum Gasteiger partial charge on any atom is -0.495 e. The van der Waals surface area contributed by atoms with Crippen LogP contribution < -0.4 is 9.47 Å². The van der Waals surface area contributed by atoms with Gasteiger partial charge in [0.25, 0.3) is 0 Å². The molecule has 0 saturated heterocycles. The molecule has 0 saturated carbocycles. The summed E-state index contributed by atoms with van der Waals surface area (Å²) >= 11 is 0. The van der Waals surface area contributed by atoms with Gasteiger partial charge in [-0.05, 0) is 36.4 Å². The van der Waals surface area contributed by atoms with Crippen LogP contribution in [0.1, 0.15) is 16.1 Å². The summed E-state index contributed by atoms with van der Waals surface area (Å²) < 4.78 is 16.2. The summed E-state index contributed by atoms with van der Waals surface area (Å²) in [5.74, 6) is 1.02. The van der Waals surface area contributed by atoms with Crippen LogP contribution in [0, 0.1) is 0 Å². The monoisotopic (exact) mass is 309 g/mol. The summed E-state index contributed by atoms with van der Waals surface area (Å²) in [6.07, 6.45) is 6.31. The van der Waals surface area contributed by atoms with Crippen LogP contribution in [0.5, 0.6) is 11.5 Å². The van der Waals surface area contributed by atoms with Crippen LogP contribution in [-0.2, 0) is 0 Å². The van der Waals surface area contributed by atoms with E-state index in [0.717, 1.165) is 10.9 Å². The Morgan fingerprint density at radius 1 is 1.22 bits per heavy atom. The number of methoxy groups -OCH3 is 2. The summed E-state index contributed by atoms with van der Waals surface area (Å²) in [6, 6.07) is 8.78. The molecule has 0 aliphatic heterocycles. The maximum atomic E-state index is 12.1. The predicted molar refractivity (Wildman–Crippen MR) is 86.9 cm³/mol. The SMILES string of the molecule is COc1c(/C=C/C(=O)c2ccccn2)cc(OC)c2occc12. The number of fused-ring (bicyclic) bond motifs is 1. The highest BCUT2D eigenvalue weighted by atomic mass is 16.5. The normalized spacial score (nSPS) is 11.0. The number of furan rings is 1. The van der Waals surface area contributed by atoms with Gasteiger partial charge in [-0.25, -0.2) is 0 Å². The molecular formula is C18H15NO4. The van der Waals surface area contributed by atoms with Gasteiger partial charge < -0.3 is 13.9 Å². The number of pyridine rings is 1. The molecule has 0 fully saturated rings. The number of ketones is 1. The lowest BCUT2D eigenvalue weighted by Gasteiger charge is -2.09. The molecule has 0 spiro atoms. The number of carbonyl (C=O) groups is 1. The number of nitrogens with zero attached hydrogens (tertiary/aromatic N) is 1. The van der Waals surface area contributed by atoms with Crippen molar-refractivity contribution in [2.75, 3.05) is 14.2 Å². The molecule has 2 heterocycles. The summed E-state index contributed by atoms with van der Waals surface area (Å²) in [7, 11) is 3.14. The number of ether oxygens (including phenoxy) is 2. The molecule has 5 heteroatoms. The molecule has 0 atom stereocenters. The zero-order valence-electron chi connectivity index (χ0n) is 12.8. The van der Waals surface area contributed by atoms with Crippen molar-refractivity contribution in [2.24, 2.45) is 0 Å². The number of allylic oxidation sites excluding steroid dienone is 1. The third kappa shape index (κ3) is 2.81. The molecule has 0 radical (unpaired) electrons. The Hall–Kier alpha value is -3.08. The molecule has 3 rings (SSSR count). The van der Waals surface area contributed by atoms with Gasteiger partial charge in [0.05, 0.1) is 25.9 Å². The summed E-state index contributed by atoms with van der Waals surface area (Å²) in [5, 5.41) is 0.789. The first-order valence-corrected chi connectivity index (χ1v) is 7.00. The Morgan fingerprint density at radius 2 is 2.09 bits per heavy atom. The van der Waals surface area contributed by atoms with Crippen LogP contribution in [0.3, 0.4) is 0 Å². The number of hydrogen-bond donors (Lipinski definition) is 0. The van der Waals surface area contributed by atoms with E-state index in [4.69, 9.17) is 13.9 Å². The van der Waals surface area contributed by atoms with Crippen molar-refractivity contribution in [1.82, 2.24) is 4.98 Å². The van der Waals surface area contributed by atoms with Gasteiger partial charge in [-0.1, -0.05) is 6.07 Å². The number of benzene rings is 1. The van der Waals surface area contributed by atoms with Gasteiger partial charge in [0, 0.05) is 11.8 Å². The largest absolute Gasteiger partial charge is 0.495 e. The van der Waals surface area contributed by atoms with Crippen LogP contribution in [0.2, 0.25) is 0 Å². The lowest BCUT2D eigenvalue weighted by atomic mass is 10.1. The van der Waals surface area contributed by atoms with E-state index in [1.165, 1.54) is 6.08 Å². The van der Waals surface area contributed by atoms with Crippen LogP contribution in [0.15, 0.2) is 53.3 Å². The van der Waals surface area contributed by atoms with E-state index in [1.54, 1.807) is 63.1 Å². The first kappa shape index (κ1) is 14.8. The zero-order chi connectivity index (χ0) is 16.2. The summed E-state index contributed by atoms with van der Waals surface area (Å²) in [4.78, 5) is 16.2. The van der Waals surface area contributed by atoms with E-state index in [-0.39, 0.29) is 5.78 Å². The topological polar surface area (TPSA) is 61.6 Å². The fourth-order valence-corrected chi connectivity index (χ4v) is 2.37.